The van der Waals surface area contributed by atoms with Crippen LogP contribution in [0.5, 0.6) is 5.75 Å². The van der Waals surface area contributed by atoms with Crippen LogP contribution in [0.2, 0.25) is 0 Å². The Morgan fingerprint density at radius 3 is 2.26 bits per heavy atom. The van der Waals surface area contributed by atoms with Crippen molar-refractivity contribution in [1.29, 1.82) is 0 Å². The summed E-state index contributed by atoms with van der Waals surface area (Å²) >= 11 is 0. The fourth-order valence-corrected chi connectivity index (χ4v) is 3.89. The average molecular weight is 566 g/mol. The maximum Gasteiger partial charge on any atom is 0.420 e. The van der Waals surface area contributed by atoms with Crippen molar-refractivity contribution >= 4 is 23.5 Å². The second kappa shape index (κ2) is 11.7. The van der Waals surface area contributed by atoms with Crippen LogP contribution in [0.25, 0.3) is 0 Å². The van der Waals surface area contributed by atoms with E-state index in [9.17, 15) is 40.3 Å². The fourth-order valence-electron chi connectivity index (χ4n) is 3.89. The van der Waals surface area contributed by atoms with E-state index in [4.69, 9.17) is 9.47 Å². The molecule has 0 aromatic heterocycles. The third-order valence-electron chi connectivity index (χ3n) is 5.95. The Labute approximate surface area is 218 Å². The number of alkyl halides is 6. The van der Waals surface area contributed by atoms with Crippen molar-refractivity contribution in [2.45, 2.75) is 18.5 Å². The minimum atomic E-state index is -5.39. The number of likely N-dealkylation sites (N-methyl/N-ethyl adjacent to an activating group) is 1. The van der Waals surface area contributed by atoms with Gasteiger partial charge < -0.3 is 19.7 Å². The molecular weight excluding hydrogens is 541 g/mol. The number of halogens is 7. The molecule has 214 valence electrons. The zero-order valence-corrected chi connectivity index (χ0v) is 21.0. The molecule has 1 unspecified atom stereocenters. The number of hydrogen-bond donors (Lipinski definition) is 1. The first-order valence-corrected chi connectivity index (χ1v) is 11.4. The molecule has 1 N–H and O–H groups in total. The summed E-state index contributed by atoms with van der Waals surface area (Å²) in [7, 11) is 4.13. The third kappa shape index (κ3) is 6.89. The second-order valence-electron chi connectivity index (χ2n) is 8.57. The van der Waals surface area contributed by atoms with Gasteiger partial charge >= 0.3 is 24.5 Å². The average Bonchev–Trinajstić information content (AvgIpc) is 3.21. The molecule has 3 rings (SSSR count). The number of carbonyl (C=O) groups excluding carboxylic acids is 2. The molecular formula is C24H25F7N4O4. The van der Waals surface area contributed by atoms with Crippen LogP contribution >= 0.6 is 0 Å². The molecule has 0 saturated carbocycles. The number of amides is 3. The number of nitrogens with zero attached hydrogens (tertiary/aromatic N) is 3. The monoisotopic (exact) mass is 566 g/mol. The van der Waals surface area contributed by atoms with Crippen molar-refractivity contribution in [3.8, 4) is 5.75 Å². The molecule has 8 nitrogen and oxygen atoms in total. The summed E-state index contributed by atoms with van der Waals surface area (Å²) in [6, 6.07) is 3.52. The predicted octanol–water partition coefficient (Wildman–Crippen LogP) is 4.97. The normalized spacial score (nSPS) is 15.1. The Morgan fingerprint density at radius 1 is 1.08 bits per heavy atom. The lowest BCUT2D eigenvalue weighted by molar-refractivity contribution is -0.143. The second-order valence-corrected chi connectivity index (χ2v) is 8.57. The van der Waals surface area contributed by atoms with E-state index in [-0.39, 0.29) is 31.4 Å². The maximum absolute atomic E-state index is 14.0. The Hall–Kier alpha value is -3.59. The van der Waals surface area contributed by atoms with Crippen LogP contribution in [0.1, 0.15) is 11.1 Å². The molecule has 0 spiro atoms. The molecule has 0 aliphatic carbocycles. The maximum atomic E-state index is 14.0. The van der Waals surface area contributed by atoms with Crippen LogP contribution < -0.4 is 19.9 Å². The first kappa shape index (κ1) is 30.0. The van der Waals surface area contributed by atoms with Gasteiger partial charge in [0.2, 0.25) is 0 Å². The van der Waals surface area contributed by atoms with E-state index in [1.807, 2.05) is 0 Å². The van der Waals surface area contributed by atoms with Crippen LogP contribution in [0.3, 0.4) is 0 Å². The topological polar surface area (TPSA) is 74.4 Å². The summed E-state index contributed by atoms with van der Waals surface area (Å²) in [6.07, 6.45) is -12.5. The number of urea groups is 1. The van der Waals surface area contributed by atoms with Crippen LogP contribution in [0.4, 0.5) is 51.7 Å². The number of hydrogen-bond acceptors (Lipinski definition) is 5. The Morgan fingerprint density at radius 2 is 1.72 bits per heavy atom. The van der Waals surface area contributed by atoms with Gasteiger partial charge in [-0.2, -0.15) is 26.3 Å². The smallest absolute Gasteiger partial charge is 0.407 e. The standard InChI is InChI=1S/C24H25F7N4O4/c1-32-12-17(38-3)13-34-8-9-35(21(34)36)19-11-14(23(26,27)28)10-18(24(29,30)31)20(19)39-22(37)33(2)16-6-4-15(25)5-7-16/h4-7,10-11,17,32H,8-9,12-13H2,1-3H3. The SMILES string of the molecule is CNCC(CN1CCN(c2cc(C(F)(F)F)cc(C(F)(F)F)c2OC(=O)N(C)c2ccc(F)cc2)C1=O)OC. The molecule has 0 radical (unpaired) electrons. The molecule has 39 heavy (non-hydrogen) atoms. The number of nitrogens with one attached hydrogen (secondary N) is 1. The van der Waals surface area contributed by atoms with E-state index in [0.29, 0.717) is 17.5 Å². The van der Waals surface area contributed by atoms with Crippen molar-refractivity contribution < 1.29 is 49.8 Å². The first-order valence-electron chi connectivity index (χ1n) is 11.4. The van der Waals surface area contributed by atoms with E-state index in [0.717, 1.165) is 36.2 Å². The Kier molecular flexibility index (Phi) is 8.95. The highest BCUT2D eigenvalue weighted by Crippen LogP contribution is 2.47. The van der Waals surface area contributed by atoms with Gasteiger partial charge in [0.25, 0.3) is 0 Å². The highest BCUT2D eigenvalue weighted by molar-refractivity contribution is 5.97. The summed E-state index contributed by atoms with van der Waals surface area (Å²) in [5.41, 5.74) is -4.44. The number of ether oxygens (including phenoxy) is 2. The quantitative estimate of drug-likeness (QED) is 0.457. The van der Waals surface area contributed by atoms with Gasteiger partial charge in [-0.1, -0.05) is 0 Å². The molecule has 1 fully saturated rings. The molecule has 3 amide bonds. The zero-order chi connectivity index (χ0) is 29.1. The van der Waals surface area contributed by atoms with Gasteiger partial charge in [0, 0.05) is 46.0 Å². The lowest BCUT2D eigenvalue weighted by Crippen LogP contribution is -2.41. The van der Waals surface area contributed by atoms with Crippen molar-refractivity contribution in [3.05, 3.63) is 53.3 Å². The van der Waals surface area contributed by atoms with Gasteiger partial charge in [0.15, 0.2) is 5.75 Å². The summed E-state index contributed by atoms with van der Waals surface area (Å²) in [5, 5.41) is 2.85. The van der Waals surface area contributed by atoms with E-state index >= 15 is 0 Å². The molecule has 1 aliphatic heterocycles. The molecule has 1 atom stereocenters. The Bertz CT molecular complexity index is 1190. The Balaban J connectivity index is 2.08. The highest BCUT2D eigenvalue weighted by Gasteiger charge is 2.44. The zero-order valence-electron chi connectivity index (χ0n) is 21.0. The van der Waals surface area contributed by atoms with Crippen molar-refractivity contribution in [2.24, 2.45) is 0 Å². The largest absolute Gasteiger partial charge is 0.420 e. The number of methoxy groups -OCH3 is 1. The van der Waals surface area contributed by atoms with Crippen molar-refractivity contribution in [1.82, 2.24) is 10.2 Å². The number of benzene rings is 2. The number of anilines is 2. The lowest BCUT2D eigenvalue weighted by Gasteiger charge is -2.26. The molecule has 2 aromatic rings. The minimum absolute atomic E-state index is 0.000187. The molecule has 15 heteroatoms. The van der Waals surface area contributed by atoms with Gasteiger partial charge in [-0.25, -0.2) is 14.0 Å². The molecule has 2 aromatic carbocycles. The van der Waals surface area contributed by atoms with Crippen LogP contribution in [-0.4, -0.2) is 70.5 Å². The van der Waals surface area contributed by atoms with Crippen molar-refractivity contribution in [2.75, 3.05) is 57.2 Å². The fraction of sp³-hybridized carbons (Fsp3) is 0.417. The van der Waals surface area contributed by atoms with Crippen LogP contribution in [0, 0.1) is 5.82 Å². The van der Waals surface area contributed by atoms with E-state index in [2.05, 4.69) is 5.32 Å². The molecule has 0 bridgehead atoms. The minimum Gasteiger partial charge on any atom is -0.407 e. The molecule has 1 heterocycles. The van der Waals surface area contributed by atoms with Gasteiger partial charge in [-0.15, -0.1) is 0 Å². The van der Waals surface area contributed by atoms with Crippen LogP contribution in [-0.2, 0) is 17.1 Å². The van der Waals surface area contributed by atoms with E-state index in [1.165, 1.54) is 12.0 Å². The van der Waals surface area contributed by atoms with Gasteiger partial charge in [0.1, 0.15) is 11.4 Å². The van der Waals surface area contributed by atoms with E-state index in [1.54, 1.807) is 7.05 Å². The third-order valence-corrected chi connectivity index (χ3v) is 5.95. The summed E-state index contributed by atoms with van der Waals surface area (Å²) < 4.78 is 106. The predicted molar refractivity (Wildman–Crippen MR) is 126 cm³/mol. The molecule has 1 saturated heterocycles. The highest BCUT2D eigenvalue weighted by atomic mass is 19.4. The van der Waals surface area contributed by atoms with Gasteiger partial charge in [-0.3, -0.25) is 9.80 Å². The number of carbonyl (C=O) groups is 2. The van der Waals surface area contributed by atoms with Gasteiger partial charge in [0.05, 0.1) is 17.4 Å². The van der Waals surface area contributed by atoms with Gasteiger partial charge in [-0.05, 0) is 43.4 Å². The van der Waals surface area contributed by atoms with E-state index < -0.39 is 59.0 Å². The summed E-state index contributed by atoms with van der Waals surface area (Å²) in [5.74, 6) is -1.92. The first-order chi connectivity index (χ1) is 18.2. The summed E-state index contributed by atoms with van der Waals surface area (Å²) in [6.45, 7) is -0.00448. The lowest BCUT2D eigenvalue weighted by atomic mass is 10.1. The van der Waals surface area contributed by atoms with Crippen LogP contribution in [0.15, 0.2) is 36.4 Å². The van der Waals surface area contributed by atoms with Crippen molar-refractivity contribution in [3.63, 3.8) is 0 Å². The summed E-state index contributed by atoms with van der Waals surface area (Å²) in [4.78, 5) is 28.6. The number of rotatable bonds is 8. The molecule has 1 aliphatic rings.